The maximum atomic E-state index is 12.0. The Morgan fingerprint density at radius 3 is 2.59 bits per heavy atom. The van der Waals surface area contributed by atoms with Gasteiger partial charge in [-0.05, 0) is 48.4 Å². The van der Waals surface area contributed by atoms with Crippen LogP contribution in [0.3, 0.4) is 0 Å². The van der Waals surface area contributed by atoms with Crippen molar-refractivity contribution in [3.8, 4) is 11.5 Å². The van der Waals surface area contributed by atoms with Crippen LogP contribution in [0.2, 0.25) is 0 Å². The average molecular weight is 392 g/mol. The van der Waals surface area contributed by atoms with Crippen LogP contribution in [-0.4, -0.2) is 25.2 Å². The summed E-state index contributed by atoms with van der Waals surface area (Å²) in [7, 11) is 1.46. The van der Waals surface area contributed by atoms with Crippen LogP contribution in [0.25, 0.3) is 0 Å². The zero-order chi connectivity index (χ0) is 20.6. The normalized spacial score (nSPS) is 10.7. The zero-order valence-electron chi connectivity index (χ0n) is 16.0. The molecule has 7 nitrogen and oxygen atoms in total. The average Bonchev–Trinajstić information content (AvgIpc) is 3.26. The van der Waals surface area contributed by atoms with Crippen LogP contribution in [0.1, 0.15) is 27.2 Å². The lowest BCUT2D eigenvalue weighted by Gasteiger charge is -2.09. The molecule has 0 aliphatic heterocycles. The molecule has 0 bridgehead atoms. The minimum absolute atomic E-state index is 0.0916. The van der Waals surface area contributed by atoms with Crippen LogP contribution in [0.4, 0.5) is 0 Å². The Hall–Kier alpha value is -3.87. The van der Waals surface area contributed by atoms with E-state index in [1.165, 1.54) is 25.7 Å². The molecular weight excluding hydrogens is 372 g/mol. The summed E-state index contributed by atoms with van der Waals surface area (Å²) in [6.07, 6.45) is 3.11. The lowest BCUT2D eigenvalue weighted by atomic mass is 10.1. The van der Waals surface area contributed by atoms with Crippen molar-refractivity contribution < 1.29 is 23.5 Å². The molecular formula is C22H20N2O5. The Bertz CT molecular complexity index is 1010. The molecule has 1 aromatic heterocycles. The van der Waals surface area contributed by atoms with Crippen LogP contribution < -0.4 is 14.9 Å². The van der Waals surface area contributed by atoms with Crippen LogP contribution in [0.5, 0.6) is 11.5 Å². The first-order valence-electron chi connectivity index (χ1n) is 8.86. The van der Waals surface area contributed by atoms with Gasteiger partial charge in [0.1, 0.15) is 0 Å². The number of carbonyl (C=O) groups excluding carboxylic acids is 2. The molecule has 0 aliphatic carbocycles. The van der Waals surface area contributed by atoms with Crippen molar-refractivity contribution in [3.63, 3.8) is 0 Å². The number of ether oxygens (including phenoxy) is 2. The number of hydrazone groups is 1. The smallest absolute Gasteiger partial charge is 0.379 e. The van der Waals surface area contributed by atoms with E-state index in [-0.39, 0.29) is 23.8 Å². The highest BCUT2D eigenvalue weighted by atomic mass is 16.6. The molecule has 0 radical (unpaired) electrons. The quantitative estimate of drug-likeness (QED) is 0.288. The van der Waals surface area contributed by atoms with Crippen molar-refractivity contribution in [1.29, 1.82) is 0 Å². The van der Waals surface area contributed by atoms with Crippen LogP contribution >= 0.6 is 0 Å². The third kappa shape index (κ3) is 5.55. The van der Waals surface area contributed by atoms with E-state index in [1.807, 2.05) is 31.2 Å². The highest BCUT2D eigenvalue weighted by Gasteiger charge is 2.14. The number of aryl methyl sites for hydroxylation is 1. The molecule has 0 saturated heterocycles. The second-order valence-corrected chi connectivity index (χ2v) is 6.23. The fourth-order valence-electron chi connectivity index (χ4n) is 2.50. The highest BCUT2D eigenvalue weighted by Crippen LogP contribution is 2.28. The van der Waals surface area contributed by atoms with Gasteiger partial charge < -0.3 is 13.9 Å². The number of nitrogens with zero attached hydrogens (tertiary/aromatic N) is 1. The number of benzene rings is 2. The van der Waals surface area contributed by atoms with E-state index in [2.05, 4.69) is 10.5 Å². The maximum absolute atomic E-state index is 12.0. The summed E-state index contributed by atoms with van der Waals surface area (Å²) in [6, 6.07) is 15.7. The molecule has 0 aliphatic rings. The van der Waals surface area contributed by atoms with Crippen LogP contribution in [0.15, 0.2) is 70.4 Å². The number of methoxy groups -OCH3 is 1. The molecule has 1 amide bonds. The first-order valence-corrected chi connectivity index (χ1v) is 8.86. The minimum Gasteiger partial charge on any atom is -0.493 e. The van der Waals surface area contributed by atoms with Gasteiger partial charge in [0.25, 0.3) is 0 Å². The van der Waals surface area contributed by atoms with Gasteiger partial charge >= 0.3 is 5.97 Å². The molecule has 0 unspecified atom stereocenters. The number of hydrogen-bond acceptors (Lipinski definition) is 6. The summed E-state index contributed by atoms with van der Waals surface area (Å²) < 4.78 is 15.6. The second-order valence-electron chi connectivity index (χ2n) is 6.23. The van der Waals surface area contributed by atoms with Gasteiger partial charge in [0.2, 0.25) is 11.7 Å². The number of esters is 1. The molecule has 3 rings (SSSR count). The van der Waals surface area contributed by atoms with Gasteiger partial charge in [-0.2, -0.15) is 5.10 Å². The van der Waals surface area contributed by atoms with Gasteiger partial charge in [0.05, 0.1) is 26.0 Å². The summed E-state index contributed by atoms with van der Waals surface area (Å²) >= 11 is 0. The van der Waals surface area contributed by atoms with E-state index in [1.54, 1.807) is 24.3 Å². The zero-order valence-corrected chi connectivity index (χ0v) is 16.0. The van der Waals surface area contributed by atoms with Gasteiger partial charge in [-0.1, -0.05) is 29.8 Å². The molecule has 7 heteroatoms. The van der Waals surface area contributed by atoms with Crippen molar-refractivity contribution in [2.24, 2.45) is 5.10 Å². The van der Waals surface area contributed by atoms with Gasteiger partial charge in [0.15, 0.2) is 11.5 Å². The molecule has 0 spiro atoms. The summed E-state index contributed by atoms with van der Waals surface area (Å²) in [6.45, 7) is 1.99. The lowest BCUT2D eigenvalue weighted by Crippen LogP contribution is -2.19. The number of carbonyl (C=O) groups is 2. The lowest BCUT2D eigenvalue weighted by molar-refractivity contribution is -0.120. The summed E-state index contributed by atoms with van der Waals surface area (Å²) in [5.41, 5.74) is 5.20. The molecule has 3 aromatic rings. The molecule has 0 atom stereocenters. The van der Waals surface area contributed by atoms with Gasteiger partial charge in [0, 0.05) is 0 Å². The van der Waals surface area contributed by atoms with Crippen molar-refractivity contribution in [1.82, 2.24) is 5.43 Å². The SMILES string of the molecule is COc1cc(/C=N\NC(=O)Cc2ccc(C)cc2)ccc1OC(=O)c1ccco1. The Kier molecular flexibility index (Phi) is 6.42. The molecule has 1 heterocycles. The van der Waals surface area contributed by atoms with Crippen molar-refractivity contribution in [2.75, 3.05) is 7.11 Å². The predicted molar refractivity (Wildman–Crippen MR) is 107 cm³/mol. The van der Waals surface area contributed by atoms with E-state index in [0.29, 0.717) is 11.3 Å². The summed E-state index contributed by atoms with van der Waals surface area (Å²) in [5, 5.41) is 3.96. The van der Waals surface area contributed by atoms with Crippen LogP contribution in [-0.2, 0) is 11.2 Å². The number of nitrogens with one attached hydrogen (secondary N) is 1. The number of hydrogen-bond donors (Lipinski definition) is 1. The largest absolute Gasteiger partial charge is 0.493 e. The van der Waals surface area contributed by atoms with E-state index >= 15 is 0 Å². The van der Waals surface area contributed by atoms with E-state index in [4.69, 9.17) is 13.9 Å². The van der Waals surface area contributed by atoms with Crippen molar-refractivity contribution in [3.05, 3.63) is 83.3 Å². The highest BCUT2D eigenvalue weighted by molar-refractivity contribution is 5.89. The molecule has 2 aromatic carbocycles. The monoisotopic (exact) mass is 392 g/mol. The fourth-order valence-corrected chi connectivity index (χ4v) is 2.50. The minimum atomic E-state index is -0.627. The summed E-state index contributed by atoms with van der Waals surface area (Å²) in [5.74, 6) is -0.164. The first kappa shape index (κ1) is 19.9. The Labute approximate surface area is 167 Å². The Morgan fingerprint density at radius 1 is 1.10 bits per heavy atom. The number of amides is 1. The third-order valence-corrected chi connectivity index (χ3v) is 4.00. The Balaban J connectivity index is 1.59. The van der Waals surface area contributed by atoms with Gasteiger partial charge in [-0.25, -0.2) is 10.2 Å². The number of furan rings is 1. The van der Waals surface area contributed by atoms with Gasteiger partial charge in [-0.3, -0.25) is 4.79 Å². The maximum Gasteiger partial charge on any atom is 0.379 e. The molecule has 1 N–H and O–H groups in total. The van der Waals surface area contributed by atoms with Gasteiger partial charge in [-0.15, -0.1) is 0 Å². The fraction of sp³-hybridized carbons (Fsp3) is 0.136. The molecule has 0 saturated carbocycles. The van der Waals surface area contributed by atoms with E-state index in [9.17, 15) is 9.59 Å². The van der Waals surface area contributed by atoms with E-state index in [0.717, 1.165) is 11.1 Å². The molecule has 29 heavy (non-hydrogen) atoms. The standard InChI is InChI=1S/C22H20N2O5/c1-15-5-7-16(8-6-15)13-21(25)24-23-14-17-9-10-18(20(12-17)27-2)29-22(26)19-4-3-11-28-19/h3-12,14H,13H2,1-2H3,(H,24,25)/b23-14-. The number of rotatable bonds is 7. The topological polar surface area (TPSA) is 90.1 Å². The molecule has 148 valence electrons. The Morgan fingerprint density at radius 2 is 1.90 bits per heavy atom. The van der Waals surface area contributed by atoms with Crippen LogP contribution in [0, 0.1) is 6.92 Å². The van der Waals surface area contributed by atoms with Crippen molar-refractivity contribution in [2.45, 2.75) is 13.3 Å². The third-order valence-electron chi connectivity index (χ3n) is 4.00. The van der Waals surface area contributed by atoms with E-state index < -0.39 is 5.97 Å². The predicted octanol–water partition coefficient (Wildman–Crippen LogP) is 3.51. The molecule has 0 fully saturated rings. The second kappa shape index (κ2) is 9.36. The first-order chi connectivity index (χ1) is 14.0. The van der Waals surface area contributed by atoms with Crippen molar-refractivity contribution >= 4 is 18.1 Å². The summed E-state index contributed by atoms with van der Waals surface area (Å²) in [4.78, 5) is 24.0.